The summed E-state index contributed by atoms with van der Waals surface area (Å²) in [5.41, 5.74) is 5.54. The van der Waals surface area contributed by atoms with Crippen molar-refractivity contribution in [2.24, 2.45) is 0 Å². The van der Waals surface area contributed by atoms with Gasteiger partial charge in [-0.25, -0.2) is 0 Å². The standard InChI is InChI=1S/C28H22N2/c1-4-13-23(14-5-1)29-24-20-22-12-10-11-19-27(22)28(21-24)30(25-15-6-2-7-16-25)26-17-8-3-9-18-26/h1-21,29H. The van der Waals surface area contributed by atoms with Crippen LogP contribution in [0.1, 0.15) is 0 Å². The third-order valence-corrected chi connectivity index (χ3v) is 5.17. The summed E-state index contributed by atoms with van der Waals surface area (Å²) in [5.74, 6) is 0. The van der Waals surface area contributed by atoms with E-state index < -0.39 is 0 Å². The highest BCUT2D eigenvalue weighted by molar-refractivity contribution is 6.01. The van der Waals surface area contributed by atoms with Crippen LogP contribution in [0.15, 0.2) is 127 Å². The molecule has 0 bridgehead atoms. The normalized spacial score (nSPS) is 10.7. The van der Waals surface area contributed by atoms with E-state index in [1.54, 1.807) is 0 Å². The number of fused-ring (bicyclic) bond motifs is 1. The van der Waals surface area contributed by atoms with Crippen molar-refractivity contribution in [3.63, 3.8) is 0 Å². The molecule has 0 saturated heterocycles. The molecule has 2 heteroatoms. The second kappa shape index (κ2) is 8.14. The number of benzene rings is 5. The van der Waals surface area contributed by atoms with E-state index in [2.05, 4.69) is 119 Å². The third-order valence-electron chi connectivity index (χ3n) is 5.17. The van der Waals surface area contributed by atoms with Gasteiger partial charge in [0, 0.05) is 28.1 Å². The summed E-state index contributed by atoms with van der Waals surface area (Å²) in [4.78, 5) is 2.32. The zero-order valence-electron chi connectivity index (χ0n) is 16.6. The monoisotopic (exact) mass is 386 g/mol. The molecule has 30 heavy (non-hydrogen) atoms. The predicted octanol–water partition coefficient (Wildman–Crippen LogP) is 8.05. The maximum absolute atomic E-state index is 3.57. The average molecular weight is 386 g/mol. The lowest BCUT2D eigenvalue weighted by molar-refractivity contribution is 1.30. The molecular weight excluding hydrogens is 364 g/mol. The molecule has 144 valence electrons. The minimum atomic E-state index is 1.06. The Morgan fingerprint density at radius 3 is 1.63 bits per heavy atom. The van der Waals surface area contributed by atoms with Crippen molar-refractivity contribution >= 4 is 39.2 Å². The van der Waals surface area contributed by atoms with Gasteiger partial charge in [-0.3, -0.25) is 0 Å². The molecule has 5 aromatic rings. The van der Waals surface area contributed by atoms with Gasteiger partial charge in [0.15, 0.2) is 0 Å². The van der Waals surface area contributed by atoms with E-state index in [4.69, 9.17) is 0 Å². The Morgan fingerprint density at radius 2 is 1.00 bits per heavy atom. The number of rotatable bonds is 5. The molecule has 0 spiro atoms. The Hall–Kier alpha value is -4.04. The van der Waals surface area contributed by atoms with Crippen LogP contribution >= 0.6 is 0 Å². The molecular formula is C28H22N2. The summed E-state index contributed by atoms with van der Waals surface area (Å²) >= 11 is 0. The first-order chi connectivity index (χ1) is 14.9. The number of anilines is 5. The summed E-state index contributed by atoms with van der Waals surface area (Å²) in [6.45, 7) is 0. The van der Waals surface area contributed by atoms with Gasteiger partial charge in [0.1, 0.15) is 0 Å². The van der Waals surface area contributed by atoms with Crippen LogP contribution in [0.2, 0.25) is 0 Å². The van der Waals surface area contributed by atoms with Gasteiger partial charge in [-0.1, -0.05) is 78.9 Å². The number of hydrogen-bond acceptors (Lipinski definition) is 2. The quantitative estimate of drug-likeness (QED) is 0.329. The van der Waals surface area contributed by atoms with E-state index >= 15 is 0 Å². The minimum Gasteiger partial charge on any atom is -0.355 e. The van der Waals surface area contributed by atoms with Crippen molar-refractivity contribution < 1.29 is 0 Å². The van der Waals surface area contributed by atoms with Crippen molar-refractivity contribution in [3.8, 4) is 0 Å². The van der Waals surface area contributed by atoms with Gasteiger partial charge in [0.2, 0.25) is 0 Å². The average Bonchev–Trinajstić information content (AvgIpc) is 2.81. The van der Waals surface area contributed by atoms with E-state index in [-0.39, 0.29) is 0 Å². The lowest BCUT2D eigenvalue weighted by Gasteiger charge is -2.27. The van der Waals surface area contributed by atoms with Crippen LogP contribution < -0.4 is 10.2 Å². The lowest BCUT2D eigenvalue weighted by Crippen LogP contribution is -2.10. The van der Waals surface area contributed by atoms with E-state index in [1.165, 1.54) is 10.8 Å². The molecule has 0 aliphatic carbocycles. The second-order valence-corrected chi connectivity index (χ2v) is 7.21. The van der Waals surface area contributed by atoms with Crippen LogP contribution in [0.4, 0.5) is 28.4 Å². The predicted molar refractivity (Wildman–Crippen MR) is 128 cm³/mol. The molecule has 5 aromatic carbocycles. The number of nitrogens with zero attached hydrogens (tertiary/aromatic N) is 1. The molecule has 0 aromatic heterocycles. The van der Waals surface area contributed by atoms with Gasteiger partial charge in [-0.05, 0) is 53.9 Å². The van der Waals surface area contributed by atoms with Crippen LogP contribution in [-0.2, 0) is 0 Å². The van der Waals surface area contributed by atoms with Gasteiger partial charge < -0.3 is 10.2 Å². The molecule has 0 heterocycles. The Kier molecular flexibility index (Phi) is 4.89. The fourth-order valence-electron chi connectivity index (χ4n) is 3.82. The molecule has 1 N–H and O–H groups in total. The molecule has 0 unspecified atom stereocenters. The van der Waals surface area contributed by atoms with Gasteiger partial charge >= 0.3 is 0 Å². The van der Waals surface area contributed by atoms with E-state index in [1.807, 2.05) is 18.2 Å². The molecule has 0 aliphatic rings. The fourth-order valence-corrected chi connectivity index (χ4v) is 3.82. The smallest absolute Gasteiger partial charge is 0.0560 e. The lowest BCUT2D eigenvalue weighted by atomic mass is 10.0. The summed E-state index contributed by atoms with van der Waals surface area (Å²) in [5, 5.41) is 5.98. The first kappa shape index (κ1) is 18.0. The molecule has 0 aliphatic heterocycles. The maximum atomic E-state index is 3.57. The highest BCUT2D eigenvalue weighted by Crippen LogP contribution is 2.40. The van der Waals surface area contributed by atoms with Gasteiger partial charge in [-0.2, -0.15) is 0 Å². The first-order valence-corrected chi connectivity index (χ1v) is 10.1. The molecule has 0 amide bonds. The highest BCUT2D eigenvalue weighted by atomic mass is 15.1. The fraction of sp³-hybridized carbons (Fsp3) is 0. The van der Waals surface area contributed by atoms with Crippen LogP contribution in [0.25, 0.3) is 10.8 Å². The van der Waals surface area contributed by atoms with Crippen LogP contribution in [0, 0.1) is 0 Å². The van der Waals surface area contributed by atoms with Crippen molar-refractivity contribution in [2.75, 3.05) is 10.2 Å². The molecule has 0 fully saturated rings. The van der Waals surface area contributed by atoms with Crippen molar-refractivity contribution in [3.05, 3.63) is 127 Å². The molecule has 0 radical (unpaired) electrons. The van der Waals surface area contributed by atoms with Crippen LogP contribution in [-0.4, -0.2) is 0 Å². The Balaban J connectivity index is 1.72. The molecule has 0 atom stereocenters. The molecule has 5 rings (SSSR count). The zero-order valence-corrected chi connectivity index (χ0v) is 16.6. The van der Waals surface area contributed by atoms with E-state index in [0.29, 0.717) is 0 Å². The maximum Gasteiger partial charge on any atom is 0.0560 e. The van der Waals surface area contributed by atoms with Crippen molar-refractivity contribution in [1.82, 2.24) is 0 Å². The van der Waals surface area contributed by atoms with Crippen molar-refractivity contribution in [2.45, 2.75) is 0 Å². The number of para-hydroxylation sites is 3. The summed E-state index contributed by atoms with van der Waals surface area (Å²) in [6.07, 6.45) is 0. The van der Waals surface area contributed by atoms with E-state index in [0.717, 1.165) is 28.4 Å². The second-order valence-electron chi connectivity index (χ2n) is 7.21. The Morgan fingerprint density at radius 1 is 0.467 bits per heavy atom. The third kappa shape index (κ3) is 3.63. The summed E-state index contributed by atoms with van der Waals surface area (Å²) < 4.78 is 0. The Bertz CT molecular complexity index is 1210. The largest absolute Gasteiger partial charge is 0.355 e. The van der Waals surface area contributed by atoms with Crippen LogP contribution in [0.3, 0.4) is 0 Å². The topological polar surface area (TPSA) is 15.3 Å². The highest BCUT2D eigenvalue weighted by Gasteiger charge is 2.16. The molecule has 0 saturated carbocycles. The van der Waals surface area contributed by atoms with Gasteiger partial charge in [0.05, 0.1) is 5.69 Å². The number of hydrogen-bond donors (Lipinski definition) is 1. The van der Waals surface area contributed by atoms with Gasteiger partial charge in [-0.15, -0.1) is 0 Å². The van der Waals surface area contributed by atoms with Crippen molar-refractivity contribution in [1.29, 1.82) is 0 Å². The van der Waals surface area contributed by atoms with Crippen LogP contribution in [0.5, 0.6) is 0 Å². The number of nitrogens with one attached hydrogen (secondary N) is 1. The van der Waals surface area contributed by atoms with Gasteiger partial charge in [0.25, 0.3) is 0 Å². The summed E-state index contributed by atoms with van der Waals surface area (Å²) in [7, 11) is 0. The molecule has 2 nitrogen and oxygen atoms in total. The Labute approximate surface area is 177 Å². The minimum absolute atomic E-state index is 1.06. The SMILES string of the molecule is c1ccc(Nc2cc(N(c3ccccc3)c3ccccc3)c3ccccc3c2)cc1. The first-order valence-electron chi connectivity index (χ1n) is 10.1. The van der Waals surface area contributed by atoms with E-state index in [9.17, 15) is 0 Å². The zero-order chi connectivity index (χ0) is 20.2. The summed E-state index contributed by atoms with van der Waals surface area (Å²) in [6, 6.07) is 44.3.